The van der Waals surface area contributed by atoms with Crippen LogP contribution in [0.1, 0.15) is 24.9 Å². The van der Waals surface area contributed by atoms with Crippen molar-refractivity contribution in [2.45, 2.75) is 19.4 Å². The third-order valence-electron chi connectivity index (χ3n) is 3.25. The highest BCUT2D eigenvalue weighted by molar-refractivity contribution is 5.69. The minimum Gasteiger partial charge on any atom is -0.466 e. The van der Waals surface area contributed by atoms with Crippen LogP contribution in [0.3, 0.4) is 0 Å². The molecule has 1 aromatic rings. The first-order valence-corrected chi connectivity index (χ1v) is 6.80. The van der Waals surface area contributed by atoms with E-state index in [0.29, 0.717) is 24.7 Å². The summed E-state index contributed by atoms with van der Waals surface area (Å²) in [6.07, 6.45) is 0.257. The SMILES string of the molecule is CCOC(=O)CCN(C)C(C#N)c1ccc2c(c1)OCO2. The number of carbonyl (C=O) groups is 1. The predicted molar refractivity (Wildman–Crippen MR) is 74.8 cm³/mol. The van der Waals surface area contributed by atoms with E-state index in [1.807, 2.05) is 11.0 Å². The van der Waals surface area contributed by atoms with Crippen molar-refractivity contribution in [3.8, 4) is 17.6 Å². The van der Waals surface area contributed by atoms with Gasteiger partial charge >= 0.3 is 5.97 Å². The molecule has 0 radical (unpaired) electrons. The second kappa shape index (κ2) is 6.95. The zero-order valence-corrected chi connectivity index (χ0v) is 12.2. The Morgan fingerprint density at radius 2 is 2.24 bits per heavy atom. The van der Waals surface area contributed by atoms with Crippen LogP contribution >= 0.6 is 0 Å². The maximum absolute atomic E-state index is 11.4. The quantitative estimate of drug-likeness (QED) is 0.745. The average Bonchev–Trinajstić information content (AvgIpc) is 2.94. The van der Waals surface area contributed by atoms with Gasteiger partial charge < -0.3 is 14.2 Å². The number of rotatable bonds is 6. The fourth-order valence-corrected chi connectivity index (χ4v) is 2.14. The van der Waals surface area contributed by atoms with Crippen LogP contribution in [0.4, 0.5) is 0 Å². The molecule has 1 atom stereocenters. The zero-order valence-electron chi connectivity index (χ0n) is 12.2. The molecule has 0 amide bonds. The van der Waals surface area contributed by atoms with Crippen molar-refractivity contribution in [3.63, 3.8) is 0 Å². The van der Waals surface area contributed by atoms with Crippen LogP contribution in [0.15, 0.2) is 18.2 Å². The molecule has 0 N–H and O–H groups in total. The van der Waals surface area contributed by atoms with Crippen molar-refractivity contribution in [1.82, 2.24) is 4.90 Å². The van der Waals surface area contributed by atoms with Gasteiger partial charge in [0.1, 0.15) is 6.04 Å². The van der Waals surface area contributed by atoms with Gasteiger partial charge in [-0.3, -0.25) is 9.69 Å². The number of esters is 1. The first kappa shape index (κ1) is 15.1. The van der Waals surface area contributed by atoms with Crippen molar-refractivity contribution in [2.75, 3.05) is 27.0 Å². The van der Waals surface area contributed by atoms with Crippen LogP contribution in [-0.2, 0) is 9.53 Å². The van der Waals surface area contributed by atoms with Gasteiger partial charge in [-0.15, -0.1) is 0 Å². The predicted octanol–water partition coefficient (Wildman–Crippen LogP) is 1.86. The summed E-state index contributed by atoms with van der Waals surface area (Å²) in [5.74, 6) is 1.07. The smallest absolute Gasteiger partial charge is 0.307 e. The van der Waals surface area contributed by atoms with E-state index in [9.17, 15) is 10.1 Å². The van der Waals surface area contributed by atoms with Crippen molar-refractivity contribution in [3.05, 3.63) is 23.8 Å². The van der Waals surface area contributed by atoms with E-state index >= 15 is 0 Å². The van der Waals surface area contributed by atoms with Gasteiger partial charge in [-0.25, -0.2) is 0 Å². The molecule has 6 nitrogen and oxygen atoms in total. The van der Waals surface area contributed by atoms with Gasteiger partial charge in [-0.05, 0) is 31.7 Å². The summed E-state index contributed by atoms with van der Waals surface area (Å²) in [4.78, 5) is 13.2. The number of nitriles is 1. The molecule has 0 fully saturated rings. The molecule has 0 saturated heterocycles. The second-order valence-corrected chi connectivity index (χ2v) is 4.68. The molecule has 21 heavy (non-hydrogen) atoms. The van der Waals surface area contributed by atoms with Crippen LogP contribution in [0.25, 0.3) is 0 Å². The van der Waals surface area contributed by atoms with Crippen molar-refractivity contribution in [1.29, 1.82) is 5.26 Å². The van der Waals surface area contributed by atoms with Crippen LogP contribution < -0.4 is 9.47 Å². The van der Waals surface area contributed by atoms with Gasteiger partial charge in [-0.2, -0.15) is 5.26 Å². The topological polar surface area (TPSA) is 71.8 Å². The maximum Gasteiger partial charge on any atom is 0.307 e. The number of nitrogens with zero attached hydrogens (tertiary/aromatic N) is 2. The second-order valence-electron chi connectivity index (χ2n) is 4.68. The maximum atomic E-state index is 11.4. The summed E-state index contributed by atoms with van der Waals surface area (Å²) in [6, 6.07) is 7.22. The van der Waals surface area contributed by atoms with Crippen molar-refractivity contribution >= 4 is 5.97 Å². The summed E-state index contributed by atoms with van der Waals surface area (Å²) in [7, 11) is 1.80. The lowest BCUT2D eigenvalue weighted by molar-refractivity contribution is -0.143. The van der Waals surface area contributed by atoms with E-state index < -0.39 is 6.04 Å². The number of hydrogen-bond donors (Lipinski definition) is 0. The van der Waals surface area contributed by atoms with Crippen LogP contribution in [0.5, 0.6) is 11.5 Å². The highest BCUT2D eigenvalue weighted by Crippen LogP contribution is 2.35. The summed E-state index contributed by atoms with van der Waals surface area (Å²) in [5.41, 5.74) is 0.813. The van der Waals surface area contributed by atoms with Gasteiger partial charge in [0, 0.05) is 6.54 Å². The highest BCUT2D eigenvalue weighted by atomic mass is 16.7. The Balaban J connectivity index is 2.02. The third-order valence-corrected chi connectivity index (χ3v) is 3.25. The summed E-state index contributed by atoms with van der Waals surface area (Å²) < 4.78 is 15.5. The Morgan fingerprint density at radius 1 is 1.48 bits per heavy atom. The summed E-state index contributed by atoms with van der Waals surface area (Å²) in [6.45, 7) is 2.79. The fourth-order valence-electron chi connectivity index (χ4n) is 2.14. The third kappa shape index (κ3) is 3.64. The van der Waals surface area contributed by atoms with E-state index in [2.05, 4.69) is 6.07 Å². The minimum absolute atomic E-state index is 0.203. The highest BCUT2D eigenvalue weighted by Gasteiger charge is 2.21. The van der Waals surface area contributed by atoms with Crippen LogP contribution in [-0.4, -0.2) is 37.9 Å². The molecule has 0 spiro atoms. The molecule has 2 rings (SSSR count). The molecular weight excluding hydrogens is 272 g/mol. The Labute approximate surface area is 123 Å². The number of ether oxygens (including phenoxy) is 3. The molecule has 1 aliphatic rings. The Hall–Kier alpha value is -2.26. The van der Waals surface area contributed by atoms with E-state index in [0.717, 1.165) is 5.56 Å². The van der Waals surface area contributed by atoms with Gasteiger partial charge in [0.05, 0.1) is 19.1 Å². The number of benzene rings is 1. The Bertz CT molecular complexity index is 553. The molecule has 6 heteroatoms. The Morgan fingerprint density at radius 3 is 2.95 bits per heavy atom. The first-order chi connectivity index (χ1) is 10.2. The lowest BCUT2D eigenvalue weighted by atomic mass is 10.1. The van der Waals surface area contributed by atoms with Crippen LogP contribution in [0.2, 0.25) is 0 Å². The molecule has 1 heterocycles. The monoisotopic (exact) mass is 290 g/mol. The lowest BCUT2D eigenvalue weighted by Gasteiger charge is -2.22. The average molecular weight is 290 g/mol. The Kier molecular flexibility index (Phi) is 5.01. The number of hydrogen-bond acceptors (Lipinski definition) is 6. The van der Waals surface area contributed by atoms with Gasteiger partial charge in [0.15, 0.2) is 11.5 Å². The van der Waals surface area contributed by atoms with E-state index in [1.54, 1.807) is 26.1 Å². The molecule has 0 aromatic heterocycles. The van der Waals surface area contributed by atoms with Gasteiger partial charge in [0.25, 0.3) is 0 Å². The molecule has 1 aromatic carbocycles. The molecule has 1 aliphatic heterocycles. The molecule has 1 unspecified atom stereocenters. The zero-order chi connectivity index (χ0) is 15.2. The van der Waals surface area contributed by atoms with E-state index in [1.165, 1.54) is 0 Å². The van der Waals surface area contributed by atoms with E-state index in [-0.39, 0.29) is 19.2 Å². The number of fused-ring (bicyclic) bond motifs is 1. The van der Waals surface area contributed by atoms with E-state index in [4.69, 9.17) is 14.2 Å². The van der Waals surface area contributed by atoms with Crippen molar-refractivity contribution in [2.24, 2.45) is 0 Å². The summed E-state index contributed by atoms with van der Waals surface area (Å²) in [5, 5.41) is 9.39. The normalized spacial score (nSPS) is 13.8. The molecule has 0 bridgehead atoms. The lowest BCUT2D eigenvalue weighted by Crippen LogP contribution is -2.26. The first-order valence-electron chi connectivity index (χ1n) is 6.80. The molecule has 0 aliphatic carbocycles. The van der Waals surface area contributed by atoms with Crippen LogP contribution in [0, 0.1) is 11.3 Å². The van der Waals surface area contributed by atoms with Gasteiger partial charge in [-0.1, -0.05) is 6.07 Å². The van der Waals surface area contributed by atoms with Crippen molar-refractivity contribution < 1.29 is 19.0 Å². The number of carbonyl (C=O) groups excluding carboxylic acids is 1. The van der Waals surface area contributed by atoms with Gasteiger partial charge in [0.2, 0.25) is 6.79 Å². The largest absolute Gasteiger partial charge is 0.466 e. The molecule has 0 saturated carbocycles. The molecular formula is C15H18N2O4. The summed E-state index contributed by atoms with van der Waals surface area (Å²) >= 11 is 0. The standard InChI is InChI=1S/C15H18N2O4/c1-3-19-15(18)6-7-17(2)12(9-16)11-4-5-13-14(8-11)21-10-20-13/h4-5,8,12H,3,6-7,10H2,1-2H3. The minimum atomic E-state index is -0.450. The molecule has 112 valence electrons. The fraction of sp³-hybridized carbons (Fsp3) is 0.467.